The Kier molecular flexibility index (Phi) is 5.89. The second-order valence-electron chi connectivity index (χ2n) is 8.07. The van der Waals surface area contributed by atoms with Crippen molar-refractivity contribution < 1.29 is 27.5 Å². The van der Waals surface area contributed by atoms with E-state index in [-0.39, 0.29) is 30.0 Å². The van der Waals surface area contributed by atoms with E-state index < -0.39 is 6.36 Å². The lowest BCUT2D eigenvalue weighted by atomic mass is 10.1. The molecule has 0 spiro atoms. The summed E-state index contributed by atoms with van der Waals surface area (Å²) in [5, 5.41) is 2.95. The van der Waals surface area contributed by atoms with E-state index in [9.17, 15) is 22.8 Å². The fraction of sp³-hybridized carbons (Fsp3) is 0.391. The minimum absolute atomic E-state index is 0.0810. The molecule has 5 nitrogen and oxygen atoms in total. The predicted octanol–water partition coefficient (Wildman–Crippen LogP) is 4.21. The molecule has 2 amide bonds. The first-order valence-corrected chi connectivity index (χ1v) is 10.3. The van der Waals surface area contributed by atoms with Crippen LogP contribution in [-0.4, -0.2) is 35.2 Å². The van der Waals surface area contributed by atoms with E-state index in [1.54, 1.807) is 17.0 Å². The van der Waals surface area contributed by atoms with Crippen LogP contribution in [0.15, 0.2) is 48.5 Å². The number of hydrogen-bond acceptors (Lipinski definition) is 3. The van der Waals surface area contributed by atoms with Gasteiger partial charge in [-0.1, -0.05) is 24.3 Å². The van der Waals surface area contributed by atoms with Gasteiger partial charge < -0.3 is 15.0 Å². The van der Waals surface area contributed by atoms with Gasteiger partial charge in [-0.3, -0.25) is 9.59 Å². The molecule has 31 heavy (non-hydrogen) atoms. The monoisotopic (exact) mass is 432 g/mol. The highest BCUT2D eigenvalue weighted by molar-refractivity contribution is 5.94. The van der Waals surface area contributed by atoms with E-state index in [0.29, 0.717) is 23.7 Å². The molecule has 1 N–H and O–H groups in total. The van der Waals surface area contributed by atoms with E-state index in [1.807, 2.05) is 12.1 Å². The third kappa shape index (κ3) is 6.23. The van der Waals surface area contributed by atoms with E-state index in [4.69, 9.17) is 0 Å². The molecule has 2 aromatic carbocycles. The van der Waals surface area contributed by atoms with Crippen molar-refractivity contribution in [2.24, 2.45) is 0 Å². The largest absolute Gasteiger partial charge is 0.573 e. The molecule has 0 heterocycles. The lowest BCUT2D eigenvalue weighted by Gasteiger charge is -2.23. The summed E-state index contributed by atoms with van der Waals surface area (Å²) < 4.78 is 40.7. The first kappa shape index (κ1) is 21.2. The van der Waals surface area contributed by atoms with Gasteiger partial charge in [-0.25, -0.2) is 0 Å². The number of amides is 2. The molecule has 0 aromatic heterocycles. The fourth-order valence-electron chi connectivity index (χ4n) is 3.35. The number of alkyl halides is 3. The van der Waals surface area contributed by atoms with Crippen LogP contribution in [0.4, 0.5) is 13.2 Å². The minimum Gasteiger partial charge on any atom is -0.406 e. The lowest BCUT2D eigenvalue weighted by molar-refractivity contribution is -0.274. The van der Waals surface area contributed by atoms with E-state index in [2.05, 4.69) is 10.1 Å². The number of rotatable bonds is 8. The van der Waals surface area contributed by atoms with Crippen LogP contribution in [-0.2, 0) is 17.8 Å². The second-order valence-corrected chi connectivity index (χ2v) is 8.07. The van der Waals surface area contributed by atoms with Gasteiger partial charge in [0, 0.05) is 24.2 Å². The summed E-state index contributed by atoms with van der Waals surface area (Å²) >= 11 is 0. The lowest BCUT2D eigenvalue weighted by Crippen LogP contribution is -2.33. The molecular formula is C23H23F3N2O3. The van der Waals surface area contributed by atoms with Crippen LogP contribution in [0.3, 0.4) is 0 Å². The number of carbonyl (C=O) groups excluding carboxylic acids is 2. The van der Waals surface area contributed by atoms with Gasteiger partial charge in [0.15, 0.2) is 0 Å². The molecule has 4 rings (SSSR count). The topological polar surface area (TPSA) is 58.6 Å². The molecule has 0 bridgehead atoms. The molecule has 0 unspecified atom stereocenters. The van der Waals surface area contributed by atoms with Gasteiger partial charge in [0.25, 0.3) is 5.91 Å². The molecule has 2 aromatic rings. The van der Waals surface area contributed by atoms with E-state index >= 15 is 0 Å². The average molecular weight is 432 g/mol. The maximum atomic E-state index is 12.9. The summed E-state index contributed by atoms with van der Waals surface area (Å²) in [6.45, 7) is 0.434. The Morgan fingerprint density at radius 1 is 0.935 bits per heavy atom. The van der Waals surface area contributed by atoms with Crippen LogP contribution in [0.25, 0.3) is 0 Å². The smallest absolute Gasteiger partial charge is 0.406 e. The number of hydrogen-bond donors (Lipinski definition) is 1. The van der Waals surface area contributed by atoms with Gasteiger partial charge >= 0.3 is 6.36 Å². The van der Waals surface area contributed by atoms with Crippen molar-refractivity contribution in [3.05, 3.63) is 65.2 Å². The van der Waals surface area contributed by atoms with Crippen molar-refractivity contribution in [2.45, 2.75) is 57.1 Å². The average Bonchev–Trinajstić information content (AvgIpc) is 3.62. The molecule has 2 aliphatic carbocycles. The number of benzene rings is 2. The summed E-state index contributed by atoms with van der Waals surface area (Å²) in [6, 6.07) is 13.1. The molecular weight excluding hydrogens is 409 g/mol. The van der Waals surface area contributed by atoms with Crippen LogP contribution in [0.1, 0.15) is 47.2 Å². The molecule has 164 valence electrons. The number of ether oxygens (including phenoxy) is 1. The molecule has 2 saturated carbocycles. The van der Waals surface area contributed by atoms with Crippen molar-refractivity contribution in [1.29, 1.82) is 0 Å². The summed E-state index contributed by atoms with van der Waals surface area (Å²) in [5.41, 5.74) is 2.15. The highest BCUT2D eigenvalue weighted by Gasteiger charge is 2.33. The minimum atomic E-state index is -4.74. The predicted molar refractivity (Wildman–Crippen MR) is 107 cm³/mol. The Morgan fingerprint density at radius 3 is 2.10 bits per heavy atom. The normalized spacial score (nSPS) is 16.0. The molecule has 8 heteroatoms. The quantitative estimate of drug-likeness (QED) is 0.680. The van der Waals surface area contributed by atoms with Gasteiger partial charge in [-0.15, -0.1) is 13.2 Å². The second kappa shape index (κ2) is 8.61. The summed E-state index contributed by atoms with van der Waals surface area (Å²) in [4.78, 5) is 26.8. The number of halogens is 3. The highest BCUT2D eigenvalue weighted by Crippen LogP contribution is 2.30. The van der Waals surface area contributed by atoms with Crippen LogP contribution in [0, 0.1) is 0 Å². The highest BCUT2D eigenvalue weighted by atomic mass is 19.4. The third-order valence-corrected chi connectivity index (χ3v) is 5.30. The van der Waals surface area contributed by atoms with E-state index in [0.717, 1.165) is 31.2 Å². The Hall–Kier alpha value is -3.03. The molecule has 2 aliphatic rings. The van der Waals surface area contributed by atoms with Gasteiger partial charge in [-0.2, -0.15) is 0 Å². The Balaban J connectivity index is 1.36. The van der Waals surface area contributed by atoms with Crippen molar-refractivity contribution >= 4 is 11.8 Å². The van der Waals surface area contributed by atoms with Gasteiger partial charge in [0.1, 0.15) is 5.75 Å². The zero-order valence-corrected chi connectivity index (χ0v) is 16.8. The first-order valence-electron chi connectivity index (χ1n) is 10.3. The SMILES string of the molecule is O=C(NC1CC1)c1ccc(CN(C(=O)Cc2ccc(OC(F)(F)F)cc2)C2CC2)cc1. The molecule has 0 atom stereocenters. The number of carbonyl (C=O) groups is 2. The van der Waals surface area contributed by atoms with E-state index in [1.165, 1.54) is 24.3 Å². The van der Waals surface area contributed by atoms with Crippen molar-refractivity contribution in [2.75, 3.05) is 0 Å². The van der Waals surface area contributed by atoms with Gasteiger partial charge in [0.2, 0.25) is 5.91 Å². The molecule has 0 aliphatic heterocycles. The molecule has 2 fully saturated rings. The third-order valence-electron chi connectivity index (χ3n) is 5.30. The van der Waals surface area contributed by atoms with Crippen LogP contribution < -0.4 is 10.1 Å². The molecule has 0 saturated heterocycles. The molecule has 0 radical (unpaired) electrons. The van der Waals surface area contributed by atoms with Gasteiger partial charge in [0.05, 0.1) is 6.42 Å². The van der Waals surface area contributed by atoms with Crippen molar-refractivity contribution in [3.63, 3.8) is 0 Å². The standard InChI is InChI=1S/C23H23F3N2O3/c24-23(25,26)31-20-11-3-15(4-12-20)13-21(29)28(19-9-10-19)14-16-1-5-17(6-2-16)22(30)27-18-7-8-18/h1-6,11-12,18-19H,7-10,13-14H2,(H,27,30). The Bertz CT molecular complexity index is 934. The summed E-state index contributed by atoms with van der Waals surface area (Å²) in [7, 11) is 0. The van der Waals surface area contributed by atoms with Crippen LogP contribution in [0.2, 0.25) is 0 Å². The maximum Gasteiger partial charge on any atom is 0.573 e. The summed E-state index contributed by atoms with van der Waals surface area (Å²) in [6.07, 6.45) is -0.711. The van der Waals surface area contributed by atoms with Crippen molar-refractivity contribution in [3.8, 4) is 5.75 Å². The number of nitrogens with one attached hydrogen (secondary N) is 1. The number of nitrogens with zero attached hydrogens (tertiary/aromatic N) is 1. The van der Waals surface area contributed by atoms with Crippen LogP contribution >= 0.6 is 0 Å². The zero-order valence-electron chi connectivity index (χ0n) is 16.8. The van der Waals surface area contributed by atoms with Gasteiger partial charge in [-0.05, 0) is 61.1 Å². The Morgan fingerprint density at radius 2 is 1.55 bits per heavy atom. The summed E-state index contributed by atoms with van der Waals surface area (Å²) in [5.74, 6) is -0.474. The first-order chi connectivity index (χ1) is 14.8. The fourth-order valence-corrected chi connectivity index (χ4v) is 3.35. The Labute approximate surface area is 178 Å². The van der Waals surface area contributed by atoms with Crippen LogP contribution in [0.5, 0.6) is 5.75 Å². The maximum absolute atomic E-state index is 12.9. The van der Waals surface area contributed by atoms with Crippen molar-refractivity contribution in [1.82, 2.24) is 10.2 Å². The zero-order chi connectivity index (χ0) is 22.0.